The molecule has 2 fully saturated rings. The minimum Gasteiger partial charge on any atom is -0.495 e. The van der Waals surface area contributed by atoms with Crippen LogP contribution in [0.5, 0.6) is 0 Å². The van der Waals surface area contributed by atoms with Crippen molar-refractivity contribution in [3.63, 3.8) is 0 Å². The van der Waals surface area contributed by atoms with E-state index in [0.29, 0.717) is 6.10 Å². The third-order valence-corrected chi connectivity index (χ3v) is 2.40. The fourth-order valence-electron chi connectivity index (χ4n) is 1.95. The molecule has 0 aromatic heterocycles. The molecular formula is C8H12O. The third-order valence-electron chi connectivity index (χ3n) is 2.40. The molecule has 2 aliphatic rings. The van der Waals surface area contributed by atoms with Gasteiger partial charge in [-0.25, -0.2) is 0 Å². The van der Waals surface area contributed by atoms with Crippen LogP contribution in [0.3, 0.4) is 0 Å². The van der Waals surface area contributed by atoms with Crippen molar-refractivity contribution in [1.29, 1.82) is 0 Å². The Morgan fingerprint density at radius 1 is 1.44 bits per heavy atom. The van der Waals surface area contributed by atoms with E-state index in [-0.39, 0.29) is 0 Å². The Hall–Kier alpha value is -0.460. The Kier molecular flexibility index (Phi) is 1.04. The molecule has 0 amide bonds. The monoisotopic (exact) mass is 124 g/mol. The van der Waals surface area contributed by atoms with Crippen LogP contribution in [0.25, 0.3) is 0 Å². The zero-order valence-corrected chi connectivity index (χ0v) is 5.60. The molecule has 1 aliphatic heterocycles. The average molecular weight is 124 g/mol. The second-order valence-electron chi connectivity index (χ2n) is 3.09. The molecule has 0 aromatic carbocycles. The van der Waals surface area contributed by atoms with Crippen molar-refractivity contribution in [2.75, 3.05) is 0 Å². The molecule has 1 saturated heterocycles. The lowest BCUT2D eigenvalue weighted by Gasteiger charge is -2.05. The largest absolute Gasteiger partial charge is 0.495 e. The maximum atomic E-state index is 5.49. The predicted molar refractivity (Wildman–Crippen MR) is 36.0 cm³/mol. The van der Waals surface area contributed by atoms with Crippen LogP contribution in [-0.4, -0.2) is 6.10 Å². The molecule has 0 spiro atoms. The molecule has 1 heterocycles. The molecule has 2 rings (SSSR count). The number of ether oxygens (including phenoxy) is 1. The lowest BCUT2D eigenvalue weighted by molar-refractivity contribution is 0.148. The number of hydrogen-bond donors (Lipinski definition) is 0. The van der Waals surface area contributed by atoms with Crippen molar-refractivity contribution in [3.8, 4) is 0 Å². The van der Waals surface area contributed by atoms with Crippen LogP contribution in [0.1, 0.15) is 25.7 Å². The van der Waals surface area contributed by atoms with E-state index >= 15 is 0 Å². The summed E-state index contributed by atoms with van der Waals surface area (Å²) < 4.78 is 5.49. The summed E-state index contributed by atoms with van der Waals surface area (Å²) in [5.41, 5.74) is 0. The minimum absolute atomic E-state index is 0.553. The molecular weight excluding hydrogens is 112 g/mol. The second kappa shape index (κ2) is 1.76. The first-order valence-electron chi connectivity index (χ1n) is 3.71. The van der Waals surface area contributed by atoms with Crippen molar-refractivity contribution in [2.45, 2.75) is 31.8 Å². The Balaban J connectivity index is 2.09. The van der Waals surface area contributed by atoms with Crippen LogP contribution >= 0.6 is 0 Å². The number of allylic oxidation sites excluding steroid dienone is 1. The molecule has 1 heteroatoms. The van der Waals surface area contributed by atoms with Gasteiger partial charge in [0.2, 0.25) is 0 Å². The molecule has 1 nitrogen and oxygen atoms in total. The molecule has 2 atom stereocenters. The SMILES string of the molecule is C=C1C[C@@H]2CCC[C@H]2O1. The first kappa shape index (κ1) is 5.33. The number of fused-ring (bicyclic) bond motifs is 1. The van der Waals surface area contributed by atoms with Crippen molar-refractivity contribution >= 4 is 0 Å². The van der Waals surface area contributed by atoms with Gasteiger partial charge in [0.05, 0.1) is 5.76 Å². The number of rotatable bonds is 0. The summed E-state index contributed by atoms with van der Waals surface area (Å²) in [4.78, 5) is 0. The molecule has 1 aliphatic carbocycles. The predicted octanol–water partition coefficient (Wildman–Crippen LogP) is 2.09. The molecule has 0 unspecified atom stereocenters. The molecule has 0 radical (unpaired) electrons. The first-order valence-corrected chi connectivity index (χ1v) is 3.71. The van der Waals surface area contributed by atoms with Crippen molar-refractivity contribution in [2.24, 2.45) is 5.92 Å². The zero-order valence-electron chi connectivity index (χ0n) is 5.60. The van der Waals surface area contributed by atoms with Gasteiger partial charge < -0.3 is 4.74 Å². The first-order chi connectivity index (χ1) is 4.36. The van der Waals surface area contributed by atoms with Gasteiger partial charge in [0.25, 0.3) is 0 Å². The van der Waals surface area contributed by atoms with Crippen LogP contribution in [0.2, 0.25) is 0 Å². The third kappa shape index (κ3) is 0.752. The summed E-state index contributed by atoms with van der Waals surface area (Å²) in [5, 5.41) is 0. The average Bonchev–Trinajstić information content (AvgIpc) is 2.22. The van der Waals surface area contributed by atoms with Crippen LogP contribution in [0.15, 0.2) is 12.3 Å². The van der Waals surface area contributed by atoms with Crippen LogP contribution < -0.4 is 0 Å². The molecule has 9 heavy (non-hydrogen) atoms. The highest BCUT2D eigenvalue weighted by molar-refractivity contribution is 4.98. The van der Waals surface area contributed by atoms with Gasteiger partial charge in [-0.3, -0.25) is 0 Å². The highest BCUT2D eigenvalue weighted by atomic mass is 16.5. The Bertz CT molecular complexity index is 126. The minimum atomic E-state index is 0.553. The topological polar surface area (TPSA) is 9.23 Å². The Morgan fingerprint density at radius 3 is 3.11 bits per heavy atom. The van der Waals surface area contributed by atoms with E-state index in [0.717, 1.165) is 18.1 Å². The summed E-state index contributed by atoms with van der Waals surface area (Å²) in [6.07, 6.45) is 5.68. The summed E-state index contributed by atoms with van der Waals surface area (Å²) in [6.45, 7) is 3.81. The van der Waals surface area contributed by atoms with Crippen LogP contribution in [0.4, 0.5) is 0 Å². The molecule has 0 aromatic rings. The molecule has 0 N–H and O–H groups in total. The van der Waals surface area contributed by atoms with Crippen molar-refractivity contribution < 1.29 is 4.74 Å². The van der Waals surface area contributed by atoms with Gasteiger partial charge in [0.15, 0.2) is 0 Å². The van der Waals surface area contributed by atoms with Gasteiger partial charge in [-0.05, 0) is 19.3 Å². The van der Waals surface area contributed by atoms with Crippen LogP contribution in [0, 0.1) is 5.92 Å². The molecule has 0 bridgehead atoms. The van der Waals surface area contributed by atoms with Crippen molar-refractivity contribution in [1.82, 2.24) is 0 Å². The zero-order chi connectivity index (χ0) is 6.27. The van der Waals surface area contributed by atoms with E-state index < -0.39 is 0 Å². The number of hydrogen-bond acceptors (Lipinski definition) is 1. The lowest BCUT2D eigenvalue weighted by atomic mass is 10.0. The van der Waals surface area contributed by atoms with Gasteiger partial charge in [-0.2, -0.15) is 0 Å². The van der Waals surface area contributed by atoms with E-state index in [1.54, 1.807) is 0 Å². The van der Waals surface area contributed by atoms with Gasteiger partial charge in [0.1, 0.15) is 6.10 Å². The molecule has 50 valence electrons. The van der Waals surface area contributed by atoms with Crippen LogP contribution in [-0.2, 0) is 4.74 Å². The van der Waals surface area contributed by atoms with Crippen molar-refractivity contribution in [3.05, 3.63) is 12.3 Å². The Morgan fingerprint density at radius 2 is 2.33 bits per heavy atom. The fourth-order valence-corrected chi connectivity index (χ4v) is 1.95. The summed E-state index contributed by atoms with van der Waals surface area (Å²) in [7, 11) is 0. The highest BCUT2D eigenvalue weighted by Gasteiger charge is 2.34. The second-order valence-corrected chi connectivity index (χ2v) is 3.09. The maximum Gasteiger partial charge on any atom is 0.101 e. The molecule has 1 saturated carbocycles. The van der Waals surface area contributed by atoms with E-state index in [1.807, 2.05) is 0 Å². The van der Waals surface area contributed by atoms with Gasteiger partial charge >= 0.3 is 0 Å². The highest BCUT2D eigenvalue weighted by Crippen LogP contribution is 2.39. The van der Waals surface area contributed by atoms with Gasteiger partial charge in [-0.15, -0.1) is 0 Å². The summed E-state index contributed by atoms with van der Waals surface area (Å²) in [6, 6.07) is 0. The van der Waals surface area contributed by atoms with E-state index in [2.05, 4.69) is 6.58 Å². The van der Waals surface area contributed by atoms with E-state index in [1.165, 1.54) is 19.3 Å². The maximum absolute atomic E-state index is 5.49. The van der Waals surface area contributed by atoms with Gasteiger partial charge in [0, 0.05) is 12.3 Å². The lowest BCUT2D eigenvalue weighted by Crippen LogP contribution is -2.05. The summed E-state index contributed by atoms with van der Waals surface area (Å²) >= 11 is 0. The normalized spacial score (nSPS) is 40.7. The quantitative estimate of drug-likeness (QED) is 0.480. The smallest absolute Gasteiger partial charge is 0.101 e. The summed E-state index contributed by atoms with van der Waals surface area (Å²) in [5.74, 6) is 1.85. The standard InChI is InChI=1S/C8H12O/c1-6-5-7-3-2-4-8(7)9-6/h7-8H,1-5H2/t7-,8+/m0/s1. The fraction of sp³-hybridized carbons (Fsp3) is 0.750. The van der Waals surface area contributed by atoms with E-state index in [4.69, 9.17) is 4.74 Å². The van der Waals surface area contributed by atoms with Gasteiger partial charge in [-0.1, -0.05) is 6.58 Å². The Labute approximate surface area is 55.7 Å². The van der Waals surface area contributed by atoms with E-state index in [9.17, 15) is 0 Å².